The van der Waals surface area contributed by atoms with E-state index in [-0.39, 0.29) is 0 Å². The zero-order valence-electron chi connectivity index (χ0n) is 10.9. The average Bonchev–Trinajstić information content (AvgIpc) is 2.43. The Morgan fingerprint density at radius 3 is 2.44 bits per heavy atom. The Labute approximate surface area is 108 Å². The standard InChI is InChI=1S/C14H21NO3/c1-3-10(2)12-6-4-11(5-7-12)8-15-14(18)13(17)9-16/h4-7,10,13,16-17H,3,8-9H2,1-2H3,(H,15,18). The van der Waals surface area contributed by atoms with E-state index in [0.717, 1.165) is 12.0 Å². The van der Waals surface area contributed by atoms with Crippen molar-refractivity contribution in [3.05, 3.63) is 35.4 Å². The third-order valence-corrected chi connectivity index (χ3v) is 3.10. The SMILES string of the molecule is CCC(C)c1ccc(CNC(=O)C(O)CO)cc1. The van der Waals surface area contributed by atoms with Crippen LogP contribution in [-0.2, 0) is 11.3 Å². The van der Waals surface area contributed by atoms with Crippen LogP contribution in [0.2, 0.25) is 0 Å². The number of amides is 1. The molecule has 0 saturated heterocycles. The van der Waals surface area contributed by atoms with Crippen molar-refractivity contribution in [1.82, 2.24) is 5.32 Å². The highest BCUT2D eigenvalue weighted by atomic mass is 16.3. The summed E-state index contributed by atoms with van der Waals surface area (Å²) in [5.74, 6) is -0.0200. The summed E-state index contributed by atoms with van der Waals surface area (Å²) in [7, 11) is 0. The van der Waals surface area contributed by atoms with E-state index in [1.54, 1.807) is 0 Å². The molecule has 0 saturated carbocycles. The maximum absolute atomic E-state index is 11.2. The number of carbonyl (C=O) groups is 1. The minimum atomic E-state index is -1.34. The van der Waals surface area contributed by atoms with Gasteiger partial charge >= 0.3 is 0 Å². The van der Waals surface area contributed by atoms with Crippen LogP contribution in [0.1, 0.15) is 37.3 Å². The van der Waals surface area contributed by atoms with Crippen molar-refractivity contribution in [2.45, 2.75) is 38.8 Å². The zero-order valence-corrected chi connectivity index (χ0v) is 10.9. The van der Waals surface area contributed by atoms with Gasteiger partial charge in [-0.05, 0) is 23.5 Å². The number of carbonyl (C=O) groups excluding carboxylic acids is 1. The van der Waals surface area contributed by atoms with Gasteiger partial charge in [0.05, 0.1) is 6.61 Å². The van der Waals surface area contributed by atoms with Crippen LogP contribution in [0.15, 0.2) is 24.3 Å². The van der Waals surface area contributed by atoms with Gasteiger partial charge in [-0.3, -0.25) is 4.79 Å². The molecule has 1 aromatic carbocycles. The molecule has 100 valence electrons. The third-order valence-electron chi connectivity index (χ3n) is 3.10. The molecule has 0 fully saturated rings. The molecule has 0 heterocycles. The molecule has 1 aromatic rings. The Hall–Kier alpha value is -1.39. The van der Waals surface area contributed by atoms with Crippen molar-refractivity contribution in [3.8, 4) is 0 Å². The van der Waals surface area contributed by atoms with Crippen LogP contribution < -0.4 is 5.32 Å². The lowest BCUT2D eigenvalue weighted by Crippen LogP contribution is -2.36. The van der Waals surface area contributed by atoms with Gasteiger partial charge in [-0.15, -0.1) is 0 Å². The molecular weight excluding hydrogens is 230 g/mol. The smallest absolute Gasteiger partial charge is 0.251 e. The molecule has 0 aliphatic heterocycles. The Kier molecular flexibility index (Phi) is 5.82. The molecule has 18 heavy (non-hydrogen) atoms. The highest BCUT2D eigenvalue weighted by Gasteiger charge is 2.12. The molecule has 0 aromatic heterocycles. The zero-order chi connectivity index (χ0) is 13.5. The summed E-state index contributed by atoms with van der Waals surface area (Å²) in [4.78, 5) is 11.2. The second-order valence-electron chi connectivity index (χ2n) is 4.47. The third kappa shape index (κ3) is 4.13. The second kappa shape index (κ2) is 7.13. The maximum atomic E-state index is 11.2. The Morgan fingerprint density at radius 1 is 1.33 bits per heavy atom. The summed E-state index contributed by atoms with van der Waals surface area (Å²) in [6.07, 6.45) is -0.247. The molecule has 0 bridgehead atoms. The molecule has 0 aliphatic rings. The van der Waals surface area contributed by atoms with Crippen molar-refractivity contribution >= 4 is 5.91 Å². The van der Waals surface area contributed by atoms with Gasteiger partial charge in [0.2, 0.25) is 0 Å². The van der Waals surface area contributed by atoms with Crippen molar-refractivity contribution in [3.63, 3.8) is 0 Å². The number of aliphatic hydroxyl groups excluding tert-OH is 2. The predicted octanol–water partition coefficient (Wildman–Crippen LogP) is 1.17. The van der Waals surface area contributed by atoms with Gasteiger partial charge in [0, 0.05) is 6.54 Å². The maximum Gasteiger partial charge on any atom is 0.251 e. The molecule has 0 radical (unpaired) electrons. The Bertz CT molecular complexity index is 375. The lowest BCUT2D eigenvalue weighted by molar-refractivity contribution is -0.131. The van der Waals surface area contributed by atoms with Gasteiger partial charge < -0.3 is 15.5 Å². The highest BCUT2D eigenvalue weighted by molar-refractivity contribution is 5.80. The molecule has 1 rings (SSSR count). The van der Waals surface area contributed by atoms with E-state index >= 15 is 0 Å². The molecule has 0 aliphatic carbocycles. The number of hydrogen-bond donors (Lipinski definition) is 3. The fourth-order valence-corrected chi connectivity index (χ4v) is 1.59. The van der Waals surface area contributed by atoms with Crippen molar-refractivity contribution in [2.24, 2.45) is 0 Å². The quantitative estimate of drug-likeness (QED) is 0.711. The van der Waals surface area contributed by atoms with E-state index in [1.807, 2.05) is 12.1 Å². The molecule has 1 amide bonds. The highest BCUT2D eigenvalue weighted by Crippen LogP contribution is 2.18. The first-order valence-electron chi connectivity index (χ1n) is 6.24. The fraction of sp³-hybridized carbons (Fsp3) is 0.500. The van der Waals surface area contributed by atoms with Crippen LogP contribution >= 0.6 is 0 Å². The predicted molar refractivity (Wildman–Crippen MR) is 70.1 cm³/mol. The largest absolute Gasteiger partial charge is 0.393 e. The average molecular weight is 251 g/mol. The molecular formula is C14H21NO3. The van der Waals surface area contributed by atoms with Crippen molar-refractivity contribution in [2.75, 3.05) is 6.61 Å². The minimum absolute atomic E-state index is 0.358. The number of benzene rings is 1. The van der Waals surface area contributed by atoms with Crippen molar-refractivity contribution < 1.29 is 15.0 Å². The number of nitrogens with one attached hydrogen (secondary N) is 1. The van der Waals surface area contributed by atoms with Gasteiger partial charge in [-0.25, -0.2) is 0 Å². The van der Waals surface area contributed by atoms with Crippen molar-refractivity contribution in [1.29, 1.82) is 0 Å². The molecule has 4 heteroatoms. The van der Waals surface area contributed by atoms with Crippen LogP contribution in [0, 0.1) is 0 Å². The molecule has 3 N–H and O–H groups in total. The molecule has 0 spiro atoms. The van der Waals surface area contributed by atoms with E-state index in [4.69, 9.17) is 10.2 Å². The number of aliphatic hydroxyl groups is 2. The summed E-state index contributed by atoms with van der Waals surface area (Å²) in [6, 6.07) is 8.04. The lowest BCUT2D eigenvalue weighted by atomic mass is 9.98. The fourth-order valence-electron chi connectivity index (χ4n) is 1.59. The summed E-state index contributed by atoms with van der Waals surface area (Å²) in [5.41, 5.74) is 2.25. The summed E-state index contributed by atoms with van der Waals surface area (Å²) in [6.45, 7) is 4.12. The van der Waals surface area contributed by atoms with E-state index in [2.05, 4.69) is 31.3 Å². The molecule has 4 nitrogen and oxygen atoms in total. The Morgan fingerprint density at radius 2 is 1.94 bits per heavy atom. The van der Waals surface area contributed by atoms with Crippen LogP contribution in [-0.4, -0.2) is 28.8 Å². The van der Waals surface area contributed by atoms with Crippen LogP contribution in [0.5, 0.6) is 0 Å². The lowest BCUT2D eigenvalue weighted by Gasteiger charge is -2.11. The summed E-state index contributed by atoms with van der Waals surface area (Å²) in [5, 5.41) is 20.3. The van der Waals surface area contributed by atoms with Gasteiger partial charge in [0.1, 0.15) is 0 Å². The van der Waals surface area contributed by atoms with Crippen LogP contribution in [0.4, 0.5) is 0 Å². The summed E-state index contributed by atoms with van der Waals surface area (Å²) < 4.78 is 0. The van der Waals surface area contributed by atoms with Gasteiger partial charge in [0.15, 0.2) is 6.10 Å². The first-order chi connectivity index (χ1) is 8.58. The normalized spacial score (nSPS) is 14.0. The van der Waals surface area contributed by atoms with E-state index < -0.39 is 18.6 Å². The number of hydrogen-bond acceptors (Lipinski definition) is 3. The van der Waals surface area contributed by atoms with Gasteiger partial charge in [-0.1, -0.05) is 38.1 Å². The van der Waals surface area contributed by atoms with Crippen LogP contribution in [0.3, 0.4) is 0 Å². The van der Waals surface area contributed by atoms with E-state index in [1.165, 1.54) is 5.56 Å². The first kappa shape index (κ1) is 14.7. The first-order valence-corrected chi connectivity index (χ1v) is 6.24. The second-order valence-corrected chi connectivity index (χ2v) is 4.47. The Balaban J connectivity index is 2.51. The van der Waals surface area contributed by atoms with E-state index in [9.17, 15) is 4.79 Å². The van der Waals surface area contributed by atoms with Gasteiger partial charge in [0.25, 0.3) is 5.91 Å². The number of rotatable bonds is 6. The van der Waals surface area contributed by atoms with E-state index in [0.29, 0.717) is 12.5 Å². The van der Waals surface area contributed by atoms with Crippen LogP contribution in [0.25, 0.3) is 0 Å². The monoisotopic (exact) mass is 251 g/mol. The topological polar surface area (TPSA) is 69.6 Å². The minimum Gasteiger partial charge on any atom is -0.393 e. The molecule has 2 atom stereocenters. The van der Waals surface area contributed by atoms with Gasteiger partial charge in [-0.2, -0.15) is 0 Å². The molecule has 2 unspecified atom stereocenters. The summed E-state index contributed by atoms with van der Waals surface area (Å²) >= 11 is 0.